The number of carbonyl (C=O) groups excluding carboxylic acids is 2. The number of carbonyl (C=O) groups is 2. The number of nitrogens with zero attached hydrogens (tertiary/aromatic N) is 3. The van der Waals surface area contributed by atoms with E-state index in [0.29, 0.717) is 16.9 Å². The minimum absolute atomic E-state index is 0.353. The van der Waals surface area contributed by atoms with Gasteiger partial charge in [-0.25, -0.2) is 0 Å². The maximum Gasteiger partial charge on any atom is 0.270 e. The molecule has 0 fully saturated rings. The fourth-order valence-electron chi connectivity index (χ4n) is 2.87. The van der Waals surface area contributed by atoms with E-state index in [1.807, 2.05) is 47.3 Å². The average molecular weight is 496 g/mol. The number of thioether (sulfide) groups is 2. The van der Waals surface area contributed by atoms with Crippen molar-refractivity contribution in [1.82, 2.24) is 25.6 Å². The highest BCUT2D eigenvalue weighted by Gasteiger charge is 2.13. The van der Waals surface area contributed by atoms with Gasteiger partial charge in [-0.05, 0) is 52.2 Å². The lowest BCUT2D eigenvalue weighted by Gasteiger charge is -2.11. The summed E-state index contributed by atoms with van der Waals surface area (Å²) in [6.45, 7) is 0. The molecule has 168 valence electrons. The van der Waals surface area contributed by atoms with Crippen LogP contribution in [0, 0.1) is 0 Å². The largest absolute Gasteiger partial charge is 0.312 e. The number of hydrogen-bond acceptors (Lipinski definition) is 7. The molecule has 0 radical (unpaired) electrons. The molecule has 0 aliphatic carbocycles. The van der Waals surface area contributed by atoms with Gasteiger partial charge >= 0.3 is 0 Å². The van der Waals surface area contributed by atoms with Crippen LogP contribution in [-0.2, 0) is 18.6 Å². The third-order valence-corrected chi connectivity index (χ3v) is 7.63. The summed E-state index contributed by atoms with van der Waals surface area (Å²) in [5, 5.41) is 12.9. The fraction of sp³-hybridized carbons (Fsp3) is 0.130. The van der Waals surface area contributed by atoms with Crippen molar-refractivity contribution in [1.29, 1.82) is 0 Å². The van der Waals surface area contributed by atoms with Crippen LogP contribution in [0.2, 0.25) is 0 Å². The van der Waals surface area contributed by atoms with E-state index in [1.54, 1.807) is 59.4 Å². The third-order valence-electron chi connectivity index (χ3n) is 4.65. The first kappa shape index (κ1) is 23.1. The van der Waals surface area contributed by atoms with Crippen molar-refractivity contribution in [3.05, 3.63) is 93.9 Å². The molecule has 0 aliphatic heterocycles. The first-order valence-electron chi connectivity index (χ1n) is 9.99. The number of hydrogen-bond donors (Lipinski definition) is 2. The Bertz CT molecular complexity index is 1220. The summed E-state index contributed by atoms with van der Waals surface area (Å²) in [5.74, 6) is 0.764. The second-order valence-electron chi connectivity index (χ2n) is 7.03. The molecular weight excluding hydrogens is 474 g/mol. The monoisotopic (exact) mass is 495 g/mol. The van der Waals surface area contributed by atoms with Crippen molar-refractivity contribution < 1.29 is 9.59 Å². The molecule has 0 spiro atoms. The SMILES string of the molecule is Cn1cnnc1SCc1ccc(C(=O)NNC(=O)c2ccccc2SCc2ccsc2)cc1. The lowest BCUT2D eigenvalue weighted by molar-refractivity contribution is 0.0845. The summed E-state index contributed by atoms with van der Waals surface area (Å²) >= 11 is 4.81. The summed E-state index contributed by atoms with van der Waals surface area (Å²) < 4.78 is 1.86. The average Bonchev–Trinajstić information content (AvgIpc) is 3.52. The van der Waals surface area contributed by atoms with Crippen molar-refractivity contribution in [3.8, 4) is 0 Å². The van der Waals surface area contributed by atoms with Gasteiger partial charge in [-0.1, -0.05) is 36.0 Å². The molecule has 2 heterocycles. The summed E-state index contributed by atoms with van der Waals surface area (Å²) in [6, 6.07) is 16.7. The van der Waals surface area contributed by atoms with Crippen LogP contribution in [0.25, 0.3) is 0 Å². The molecule has 2 amide bonds. The highest BCUT2D eigenvalue weighted by molar-refractivity contribution is 7.98. The zero-order valence-electron chi connectivity index (χ0n) is 17.7. The Kier molecular flexibility index (Phi) is 7.82. The van der Waals surface area contributed by atoms with Gasteiger partial charge in [0.25, 0.3) is 11.8 Å². The van der Waals surface area contributed by atoms with Crippen LogP contribution in [-0.4, -0.2) is 26.6 Å². The van der Waals surface area contributed by atoms with Gasteiger partial charge in [0.15, 0.2) is 5.16 Å². The Hall–Kier alpha value is -3.08. The highest BCUT2D eigenvalue weighted by Crippen LogP contribution is 2.27. The van der Waals surface area contributed by atoms with Crippen molar-refractivity contribution in [2.24, 2.45) is 7.05 Å². The molecule has 0 atom stereocenters. The van der Waals surface area contributed by atoms with Gasteiger partial charge in [0.2, 0.25) is 0 Å². The van der Waals surface area contributed by atoms with Crippen LogP contribution in [0.4, 0.5) is 0 Å². The number of benzene rings is 2. The molecule has 0 saturated heterocycles. The van der Waals surface area contributed by atoms with E-state index >= 15 is 0 Å². The van der Waals surface area contributed by atoms with Crippen LogP contribution in [0.3, 0.4) is 0 Å². The summed E-state index contributed by atoms with van der Waals surface area (Å²) in [5.41, 5.74) is 8.28. The van der Waals surface area contributed by atoms with Gasteiger partial charge in [0, 0.05) is 29.0 Å². The van der Waals surface area contributed by atoms with E-state index in [1.165, 1.54) is 5.56 Å². The van der Waals surface area contributed by atoms with Crippen LogP contribution >= 0.6 is 34.9 Å². The minimum Gasteiger partial charge on any atom is -0.312 e. The molecule has 33 heavy (non-hydrogen) atoms. The van der Waals surface area contributed by atoms with Gasteiger partial charge < -0.3 is 4.57 Å². The highest BCUT2D eigenvalue weighted by atomic mass is 32.2. The molecule has 2 N–H and O–H groups in total. The van der Waals surface area contributed by atoms with Crippen molar-refractivity contribution in [2.45, 2.75) is 21.6 Å². The summed E-state index contributed by atoms with van der Waals surface area (Å²) in [7, 11) is 1.89. The number of rotatable bonds is 8. The number of aromatic nitrogens is 3. The first-order chi connectivity index (χ1) is 16.1. The second-order valence-corrected chi connectivity index (χ2v) is 9.77. The van der Waals surface area contributed by atoms with Crippen LogP contribution in [0.5, 0.6) is 0 Å². The number of nitrogens with one attached hydrogen (secondary N) is 2. The molecule has 0 aliphatic rings. The van der Waals surface area contributed by atoms with E-state index in [0.717, 1.165) is 21.4 Å². The molecule has 10 heteroatoms. The lowest BCUT2D eigenvalue weighted by atomic mass is 10.1. The molecule has 7 nitrogen and oxygen atoms in total. The number of amides is 2. The predicted molar refractivity (Wildman–Crippen MR) is 132 cm³/mol. The smallest absolute Gasteiger partial charge is 0.270 e. The molecule has 0 bridgehead atoms. The van der Waals surface area contributed by atoms with Crippen molar-refractivity contribution in [2.75, 3.05) is 0 Å². The summed E-state index contributed by atoms with van der Waals surface area (Å²) in [4.78, 5) is 26.0. The van der Waals surface area contributed by atoms with Crippen molar-refractivity contribution in [3.63, 3.8) is 0 Å². The molecule has 4 rings (SSSR count). The number of hydrazine groups is 1. The summed E-state index contributed by atoms with van der Waals surface area (Å²) in [6.07, 6.45) is 1.66. The normalized spacial score (nSPS) is 10.7. The molecule has 2 aromatic heterocycles. The van der Waals surface area contributed by atoms with Crippen molar-refractivity contribution >= 4 is 46.7 Å². The molecule has 0 saturated carbocycles. The Labute approximate surface area is 204 Å². The predicted octanol–water partition coefficient (Wildman–Crippen LogP) is 4.54. The molecular formula is C23H21N5O2S3. The quantitative estimate of drug-likeness (QED) is 0.276. The number of aryl methyl sites for hydroxylation is 1. The van der Waals surface area contributed by atoms with Crippen LogP contribution in [0.15, 0.2) is 81.7 Å². The lowest BCUT2D eigenvalue weighted by Crippen LogP contribution is -2.41. The zero-order valence-corrected chi connectivity index (χ0v) is 20.2. The van der Waals surface area contributed by atoms with E-state index in [2.05, 4.69) is 32.5 Å². The Morgan fingerprint density at radius 2 is 1.70 bits per heavy atom. The second kappa shape index (κ2) is 11.2. The third kappa shape index (κ3) is 6.25. The Balaban J connectivity index is 1.30. The maximum absolute atomic E-state index is 12.7. The maximum atomic E-state index is 12.7. The topological polar surface area (TPSA) is 88.9 Å². The van der Waals surface area contributed by atoms with E-state index < -0.39 is 0 Å². The molecule has 0 unspecified atom stereocenters. The molecule has 4 aromatic rings. The van der Waals surface area contributed by atoms with Crippen LogP contribution in [0.1, 0.15) is 31.8 Å². The Morgan fingerprint density at radius 3 is 2.42 bits per heavy atom. The fourth-order valence-corrected chi connectivity index (χ4v) is 5.48. The van der Waals surface area contributed by atoms with Gasteiger partial charge in [0.1, 0.15) is 6.33 Å². The first-order valence-corrected chi connectivity index (χ1v) is 12.9. The van der Waals surface area contributed by atoms with Gasteiger partial charge in [-0.3, -0.25) is 20.4 Å². The van der Waals surface area contributed by atoms with Gasteiger partial charge in [-0.15, -0.1) is 22.0 Å². The van der Waals surface area contributed by atoms with Gasteiger partial charge in [-0.2, -0.15) is 11.3 Å². The standard InChI is InChI=1S/C23H21N5O2S3/c1-28-15-24-27-23(28)33-13-16-6-8-18(9-7-16)21(29)25-26-22(30)19-4-2-3-5-20(19)32-14-17-10-11-31-12-17/h2-12,15H,13-14H2,1H3,(H,25,29)(H,26,30). The van der Waals surface area contributed by atoms with Crippen LogP contribution < -0.4 is 10.9 Å². The molecule has 2 aromatic carbocycles. The number of thiophene rings is 1. The van der Waals surface area contributed by atoms with E-state index in [-0.39, 0.29) is 11.8 Å². The zero-order chi connectivity index (χ0) is 23.0. The minimum atomic E-state index is -0.376. The Morgan fingerprint density at radius 1 is 0.939 bits per heavy atom. The van der Waals surface area contributed by atoms with E-state index in [9.17, 15) is 9.59 Å². The van der Waals surface area contributed by atoms with Gasteiger partial charge in [0.05, 0.1) is 5.56 Å². The van der Waals surface area contributed by atoms with E-state index in [4.69, 9.17) is 0 Å².